The lowest BCUT2D eigenvalue weighted by Crippen LogP contribution is -2.00. The molecular formula is C15H20O3. The molecule has 0 unspecified atom stereocenters. The standard InChI is InChI=1S/C15H20O3/c1-10(2)12-6-5-7-13(11(3)4)15(12)18-9-8-14(16)17/h5-11H,1-4H3,(H,16,17)/b9-8+. The van der Waals surface area contributed by atoms with E-state index in [4.69, 9.17) is 9.84 Å². The van der Waals surface area contributed by atoms with E-state index in [1.54, 1.807) is 0 Å². The number of rotatable bonds is 5. The number of carboxylic acids is 1. The lowest BCUT2D eigenvalue weighted by molar-refractivity contribution is -0.131. The fourth-order valence-electron chi connectivity index (χ4n) is 1.78. The third kappa shape index (κ3) is 3.62. The first-order valence-electron chi connectivity index (χ1n) is 6.12. The van der Waals surface area contributed by atoms with Crippen LogP contribution in [0.1, 0.15) is 50.7 Å². The van der Waals surface area contributed by atoms with Crippen LogP contribution in [0.25, 0.3) is 0 Å². The van der Waals surface area contributed by atoms with Gasteiger partial charge in [0.2, 0.25) is 0 Å². The number of aliphatic carboxylic acids is 1. The first kappa shape index (κ1) is 14.3. The Hall–Kier alpha value is -1.77. The summed E-state index contributed by atoms with van der Waals surface area (Å²) in [4.78, 5) is 10.5. The number of carbonyl (C=O) groups is 1. The molecule has 3 nitrogen and oxygen atoms in total. The average molecular weight is 248 g/mol. The van der Waals surface area contributed by atoms with E-state index >= 15 is 0 Å². The van der Waals surface area contributed by atoms with Crippen LogP contribution >= 0.6 is 0 Å². The van der Waals surface area contributed by atoms with Crippen LogP contribution in [-0.4, -0.2) is 11.1 Å². The van der Waals surface area contributed by atoms with Crippen molar-refractivity contribution in [1.29, 1.82) is 0 Å². The molecule has 18 heavy (non-hydrogen) atoms. The van der Waals surface area contributed by atoms with E-state index in [-0.39, 0.29) is 0 Å². The molecule has 1 N–H and O–H groups in total. The van der Waals surface area contributed by atoms with Gasteiger partial charge < -0.3 is 9.84 Å². The molecule has 1 aromatic rings. The molecule has 0 aliphatic heterocycles. The van der Waals surface area contributed by atoms with Crippen LogP contribution < -0.4 is 4.74 Å². The predicted molar refractivity (Wildman–Crippen MR) is 72.0 cm³/mol. The van der Waals surface area contributed by atoms with E-state index in [0.717, 1.165) is 23.0 Å². The second-order valence-electron chi connectivity index (χ2n) is 4.83. The van der Waals surface area contributed by atoms with Gasteiger partial charge in [0.1, 0.15) is 5.75 Å². The summed E-state index contributed by atoms with van der Waals surface area (Å²) in [5, 5.41) is 8.58. The van der Waals surface area contributed by atoms with Crippen molar-refractivity contribution in [3.63, 3.8) is 0 Å². The molecular weight excluding hydrogens is 228 g/mol. The van der Waals surface area contributed by atoms with E-state index in [2.05, 4.69) is 27.7 Å². The minimum Gasteiger partial charge on any atom is -0.478 e. The largest absolute Gasteiger partial charge is 0.478 e. The molecule has 0 saturated heterocycles. The molecule has 0 radical (unpaired) electrons. The van der Waals surface area contributed by atoms with Crippen molar-refractivity contribution in [2.45, 2.75) is 39.5 Å². The van der Waals surface area contributed by atoms with Gasteiger partial charge in [-0.05, 0) is 23.0 Å². The topological polar surface area (TPSA) is 46.5 Å². The Morgan fingerprint density at radius 2 is 1.67 bits per heavy atom. The fraction of sp³-hybridized carbons (Fsp3) is 0.400. The van der Waals surface area contributed by atoms with Crippen LogP contribution in [0.15, 0.2) is 30.5 Å². The zero-order valence-electron chi connectivity index (χ0n) is 11.3. The third-order valence-corrected chi connectivity index (χ3v) is 2.72. The highest BCUT2D eigenvalue weighted by atomic mass is 16.5. The second-order valence-corrected chi connectivity index (χ2v) is 4.83. The van der Waals surface area contributed by atoms with Gasteiger partial charge in [0.25, 0.3) is 0 Å². The maximum absolute atomic E-state index is 10.5. The van der Waals surface area contributed by atoms with Crippen LogP contribution in [0, 0.1) is 0 Å². The van der Waals surface area contributed by atoms with Crippen molar-refractivity contribution >= 4 is 5.97 Å². The minimum atomic E-state index is -1.01. The molecule has 0 aromatic heterocycles. The molecule has 1 aromatic carbocycles. The maximum Gasteiger partial charge on any atom is 0.331 e. The van der Waals surface area contributed by atoms with Gasteiger partial charge in [0.05, 0.1) is 12.3 Å². The summed E-state index contributed by atoms with van der Waals surface area (Å²) in [7, 11) is 0. The van der Waals surface area contributed by atoms with Crippen molar-refractivity contribution < 1.29 is 14.6 Å². The van der Waals surface area contributed by atoms with Crippen LogP contribution in [-0.2, 0) is 4.79 Å². The number of hydrogen-bond acceptors (Lipinski definition) is 2. The predicted octanol–water partition coefficient (Wildman–Crippen LogP) is 3.91. The molecule has 0 spiro atoms. The smallest absolute Gasteiger partial charge is 0.331 e. The highest BCUT2D eigenvalue weighted by Crippen LogP contribution is 2.34. The van der Waals surface area contributed by atoms with E-state index in [0.29, 0.717) is 11.8 Å². The molecule has 0 saturated carbocycles. The van der Waals surface area contributed by atoms with Crippen molar-refractivity contribution in [1.82, 2.24) is 0 Å². The highest BCUT2D eigenvalue weighted by Gasteiger charge is 2.14. The maximum atomic E-state index is 10.5. The molecule has 0 bridgehead atoms. The number of benzene rings is 1. The van der Waals surface area contributed by atoms with Crippen LogP contribution in [0.5, 0.6) is 5.75 Å². The first-order chi connectivity index (χ1) is 8.43. The fourth-order valence-corrected chi connectivity index (χ4v) is 1.78. The van der Waals surface area contributed by atoms with Gasteiger partial charge in [-0.3, -0.25) is 0 Å². The Morgan fingerprint density at radius 1 is 1.17 bits per heavy atom. The van der Waals surface area contributed by atoms with E-state index in [1.807, 2.05) is 18.2 Å². The zero-order valence-corrected chi connectivity index (χ0v) is 11.3. The molecule has 0 amide bonds. The van der Waals surface area contributed by atoms with E-state index in [1.165, 1.54) is 6.26 Å². The summed E-state index contributed by atoms with van der Waals surface area (Å²) < 4.78 is 5.54. The molecule has 3 heteroatoms. The Kier molecular flexibility index (Phi) is 4.95. The SMILES string of the molecule is CC(C)c1cccc(C(C)C)c1O/C=C/C(=O)O. The molecule has 0 aliphatic carbocycles. The summed E-state index contributed by atoms with van der Waals surface area (Å²) in [6, 6.07) is 6.04. The monoisotopic (exact) mass is 248 g/mol. The second kappa shape index (κ2) is 6.24. The number of carboxylic acid groups (broad SMARTS) is 1. The Bertz CT molecular complexity index is 419. The molecule has 98 valence electrons. The van der Waals surface area contributed by atoms with Gasteiger partial charge in [0, 0.05) is 0 Å². The quantitative estimate of drug-likeness (QED) is 0.634. The van der Waals surface area contributed by atoms with Crippen LogP contribution in [0.3, 0.4) is 0 Å². The Morgan fingerprint density at radius 3 is 2.06 bits per heavy atom. The lowest BCUT2D eigenvalue weighted by atomic mass is 9.94. The summed E-state index contributed by atoms with van der Waals surface area (Å²) in [5.41, 5.74) is 2.19. The average Bonchev–Trinajstić information content (AvgIpc) is 2.28. The summed E-state index contributed by atoms with van der Waals surface area (Å²) in [5.74, 6) is 0.428. The van der Waals surface area contributed by atoms with Crippen LogP contribution in [0.4, 0.5) is 0 Å². The normalized spacial score (nSPS) is 11.4. The van der Waals surface area contributed by atoms with Crippen molar-refractivity contribution in [2.24, 2.45) is 0 Å². The zero-order chi connectivity index (χ0) is 13.7. The molecule has 1 rings (SSSR count). The van der Waals surface area contributed by atoms with Gasteiger partial charge in [-0.25, -0.2) is 4.79 Å². The van der Waals surface area contributed by atoms with E-state index in [9.17, 15) is 4.79 Å². The summed E-state index contributed by atoms with van der Waals surface area (Å²) in [6.45, 7) is 8.36. The summed E-state index contributed by atoms with van der Waals surface area (Å²) >= 11 is 0. The Labute approximate surface area is 108 Å². The molecule has 0 heterocycles. The number of hydrogen-bond donors (Lipinski definition) is 1. The number of ether oxygens (including phenoxy) is 1. The Balaban J connectivity index is 3.14. The third-order valence-electron chi connectivity index (χ3n) is 2.72. The first-order valence-corrected chi connectivity index (χ1v) is 6.12. The van der Waals surface area contributed by atoms with Crippen LogP contribution in [0.2, 0.25) is 0 Å². The van der Waals surface area contributed by atoms with Crippen molar-refractivity contribution in [2.75, 3.05) is 0 Å². The minimum absolute atomic E-state index is 0.330. The van der Waals surface area contributed by atoms with Gasteiger partial charge in [0.15, 0.2) is 0 Å². The van der Waals surface area contributed by atoms with Gasteiger partial charge >= 0.3 is 5.97 Å². The summed E-state index contributed by atoms with van der Waals surface area (Å²) in [6.07, 6.45) is 2.23. The number of para-hydroxylation sites is 1. The molecule has 0 aliphatic rings. The van der Waals surface area contributed by atoms with Crippen molar-refractivity contribution in [3.05, 3.63) is 41.7 Å². The van der Waals surface area contributed by atoms with Gasteiger partial charge in [-0.15, -0.1) is 0 Å². The lowest BCUT2D eigenvalue weighted by Gasteiger charge is -2.17. The molecule has 0 fully saturated rings. The highest BCUT2D eigenvalue weighted by molar-refractivity contribution is 5.79. The molecule has 0 atom stereocenters. The van der Waals surface area contributed by atoms with Gasteiger partial charge in [-0.1, -0.05) is 45.9 Å². The van der Waals surface area contributed by atoms with Crippen molar-refractivity contribution in [3.8, 4) is 5.75 Å². The van der Waals surface area contributed by atoms with Gasteiger partial charge in [-0.2, -0.15) is 0 Å². The van der Waals surface area contributed by atoms with E-state index < -0.39 is 5.97 Å².